The Hall–Kier alpha value is -2.01. The Labute approximate surface area is 212 Å². The van der Waals surface area contributed by atoms with Gasteiger partial charge >= 0.3 is 0 Å². The van der Waals surface area contributed by atoms with Crippen LogP contribution < -0.4 is 5.73 Å². The van der Waals surface area contributed by atoms with E-state index in [0.717, 1.165) is 69.3 Å². The average molecular weight is 488 g/mol. The number of hydrogen-bond acceptors (Lipinski definition) is 3. The summed E-state index contributed by atoms with van der Waals surface area (Å²) in [5, 5.41) is 0. The topological polar surface area (TPSA) is 41.6 Å². The number of unbranched alkanes of at least 4 members (excludes halogenated alkanes) is 2. The number of aryl methyl sites for hydroxylation is 1. The SMILES string of the molecule is C=C(C)C1CN(CCc2c(F)cc(CCCCC(CCCC)CCN=C/C(=C\N)CC)cc2F)C1. The maximum Gasteiger partial charge on any atom is 0.129 e. The molecule has 0 bridgehead atoms. The van der Waals surface area contributed by atoms with E-state index >= 15 is 0 Å². The van der Waals surface area contributed by atoms with Crippen molar-refractivity contribution in [2.45, 2.75) is 85.0 Å². The first kappa shape index (κ1) is 29.2. The molecule has 196 valence electrons. The lowest BCUT2D eigenvalue weighted by Gasteiger charge is -2.39. The van der Waals surface area contributed by atoms with Crippen LogP contribution in [0.25, 0.3) is 0 Å². The molecule has 5 heteroatoms. The highest BCUT2D eigenvalue weighted by Gasteiger charge is 2.27. The molecule has 1 fully saturated rings. The van der Waals surface area contributed by atoms with Gasteiger partial charge in [0.05, 0.1) is 0 Å². The minimum atomic E-state index is -0.395. The Morgan fingerprint density at radius 3 is 2.40 bits per heavy atom. The number of hydrogen-bond donors (Lipinski definition) is 1. The van der Waals surface area contributed by atoms with Crippen LogP contribution in [-0.2, 0) is 12.8 Å². The van der Waals surface area contributed by atoms with Crippen LogP contribution in [0.15, 0.2) is 41.1 Å². The average Bonchev–Trinajstić information content (AvgIpc) is 2.79. The van der Waals surface area contributed by atoms with Crippen LogP contribution in [0.4, 0.5) is 8.78 Å². The molecular formula is C30H47F2N3. The minimum Gasteiger partial charge on any atom is -0.404 e. The van der Waals surface area contributed by atoms with Crippen molar-refractivity contribution in [3.63, 3.8) is 0 Å². The number of allylic oxidation sites excluding steroid dienone is 1. The zero-order valence-electron chi connectivity index (χ0n) is 22.3. The summed E-state index contributed by atoms with van der Waals surface area (Å²) in [4.78, 5) is 6.79. The molecule has 1 aliphatic heterocycles. The van der Waals surface area contributed by atoms with Gasteiger partial charge < -0.3 is 10.6 Å². The molecule has 1 saturated heterocycles. The minimum absolute atomic E-state index is 0.225. The second-order valence-corrected chi connectivity index (χ2v) is 10.3. The number of halogens is 2. The molecule has 2 N–H and O–H groups in total. The smallest absolute Gasteiger partial charge is 0.129 e. The van der Waals surface area contributed by atoms with Gasteiger partial charge in [-0.2, -0.15) is 0 Å². The third kappa shape index (κ3) is 10.2. The van der Waals surface area contributed by atoms with Gasteiger partial charge in [0.15, 0.2) is 0 Å². The van der Waals surface area contributed by atoms with Crippen molar-refractivity contribution < 1.29 is 8.78 Å². The van der Waals surface area contributed by atoms with E-state index in [1.807, 2.05) is 13.1 Å². The fourth-order valence-corrected chi connectivity index (χ4v) is 4.75. The van der Waals surface area contributed by atoms with Gasteiger partial charge in [-0.1, -0.05) is 58.1 Å². The number of rotatable bonds is 17. The first-order valence-electron chi connectivity index (χ1n) is 13.6. The third-order valence-corrected chi connectivity index (χ3v) is 7.37. The van der Waals surface area contributed by atoms with Gasteiger partial charge in [0.25, 0.3) is 0 Å². The summed E-state index contributed by atoms with van der Waals surface area (Å²) in [7, 11) is 0. The summed E-state index contributed by atoms with van der Waals surface area (Å²) in [6.07, 6.45) is 13.5. The monoisotopic (exact) mass is 487 g/mol. The Morgan fingerprint density at radius 2 is 1.80 bits per heavy atom. The van der Waals surface area contributed by atoms with Crippen molar-refractivity contribution >= 4 is 6.21 Å². The molecule has 0 aromatic heterocycles. The molecule has 0 aliphatic carbocycles. The molecular weight excluding hydrogens is 440 g/mol. The van der Waals surface area contributed by atoms with Crippen LogP contribution >= 0.6 is 0 Å². The molecule has 1 aliphatic rings. The molecule has 1 heterocycles. The fourth-order valence-electron chi connectivity index (χ4n) is 4.75. The number of nitrogens with zero attached hydrogens (tertiary/aromatic N) is 2. The molecule has 1 aromatic rings. The largest absolute Gasteiger partial charge is 0.404 e. The summed E-state index contributed by atoms with van der Waals surface area (Å²) in [6, 6.07) is 3.09. The second-order valence-electron chi connectivity index (χ2n) is 10.3. The van der Waals surface area contributed by atoms with Crippen LogP contribution in [0.3, 0.4) is 0 Å². The van der Waals surface area contributed by atoms with Crippen molar-refractivity contribution in [1.82, 2.24) is 4.90 Å². The quantitative estimate of drug-likeness (QED) is 0.143. The lowest BCUT2D eigenvalue weighted by molar-refractivity contribution is 0.125. The molecule has 2 rings (SSSR count). The van der Waals surface area contributed by atoms with Crippen LogP contribution in [0.1, 0.15) is 83.3 Å². The Kier molecular flexibility index (Phi) is 13.3. The van der Waals surface area contributed by atoms with Gasteiger partial charge in [0.2, 0.25) is 0 Å². The molecule has 1 atom stereocenters. The summed E-state index contributed by atoms with van der Waals surface area (Å²) in [6.45, 7) is 13.8. The highest BCUT2D eigenvalue weighted by Crippen LogP contribution is 2.25. The van der Waals surface area contributed by atoms with E-state index in [1.54, 1.807) is 18.3 Å². The van der Waals surface area contributed by atoms with E-state index in [-0.39, 0.29) is 5.56 Å². The number of nitrogens with two attached hydrogens (primary N) is 1. The predicted molar refractivity (Wildman–Crippen MR) is 146 cm³/mol. The Bertz CT molecular complexity index is 817. The lowest BCUT2D eigenvalue weighted by Crippen LogP contribution is -2.47. The van der Waals surface area contributed by atoms with Gasteiger partial charge in [-0.3, -0.25) is 4.99 Å². The fraction of sp³-hybridized carbons (Fsp3) is 0.633. The molecule has 1 aromatic carbocycles. The maximum atomic E-state index is 14.6. The van der Waals surface area contributed by atoms with Crippen LogP contribution in [0, 0.1) is 23.5 Å². The maximum absolute atomic E-state index is 14.6. The number of likely N-dealkylation sites (tertiary alicyclic amines) is 1. The van der Waals surface area contributed by atoms with E-state index < -0.39 is 11.6 Å². The van der Waals surface area contributed by atoms with Crippen LogP contribution in [0.2, 0.25) is 0 Å². The van der Waals surface area contributed by atoms with Gasteiger partial charge in [-0.25, -0.2) is 8.78 Å². The molecule has 1 unspecified atom stereocenters. The normalized spacial score (nSPS) is 16.1. The van der Waals surface area contributed by atoms with Gasteiger partial charge in [-0.05, 0) is 74.4 Å². The third-order valence-electron chi connectivity index (χ3n) is 7.37. The van der Waals surface area contributed by atoms with Gasteiger partial charge in [0.1, 0.15) is 11.6 Å². The molecule has 0 spiro atoms. The van der Waals surface area contributed by atoms with E-state index in [9.17, 15) is 8.78 Å². The standard InChI is InChI=1S/C30H47F2N3/c1-5-7-10-25(13-15-34-20-24(6-2)19-33)11-8-9-12-26-17-29(31)28(30(32)18-26)14-16-35-21-27(22-35)23(3)4/h17-20,25,27H,3,5-16,21-22,33H2,1-2,4H3/b24-19-,34-20?. The van der Waals surface area contributed by atoms with Gasteiger partial charge in [0, 0.05) is 43.9 Å². The summed E-state index contributed by atoms with van der Waals surface area (Å²) < 4.78 is 29.3. The molecule has 3 nitrogen and oxygen atoms in total. The number of benzene rings is 1. The summed E-state index contributed by atoms with van der Waals surface area (Å²) >= 11 is 0. The van der Waals surface area contributed by atoms with Crippen molar-refractivity contribution in [3.8, 4) is 0 Å². The summed E-state index contributed by atoms with van der Waals surface area (Å²) in [5.74, 6) is 0.395. The molecule has 35 heavy (non-hydrogen) atoms. The molecule has 0 radical (unpaired) electrons. The molecule has 0 saturated carbocycles. The van der Waals surface area contributed by atoms with E-state index in [2.05, 4.69) is 30.3 Å². The highest BCUT2D eigenvalue weighted by molar-refractivity contribution is 5.78. The second kappa shape index (κ2) is 15.9. The van der Waals surface area contributed by atoms with Gasteiger partial charge in [-0.15, -0.1) is 0 Å². The van der Waals surface area contributed by atoms with Crippen molar-refractivity contribution in [1.29, 1.82) is 0 Å². The van der Waals surface area contributed by atoms with E-state index in [4.69, 9.17) is 5.73 Å². The highest BCUT2D eigenvalue weighted by atomic mass is 19.1. The predicted octanol–water partition coefficient (Wildman–Crippen LogP) is 7.25. The Morgan fingerprint density at radius 1 is 1.11 bits per heavy atom. The van der Waals surface area contributed by atoms with Crippen LogP contribution in [-0.4, -0.2) is 37.3 Å². The van der Waals surface area contributed by atoms with E-state index in [1.165, 1.54) is 24.8 Å². The summed E-state index contributed by atoms with van der Waals surface area (Å²) in [5.41, 5.74) is 8.85. The first-order chi connectivity index (χ1) is 16.9. The zero-order chi connectivity index (χ0) is 25.6. The molecule has 0 amide bonds. The van der Waals surface area contributed by atoms with Crippen molar-refractivity contribution in [3.05, 3.63) is 58.8 Å². The zero-order valence-corrected chi connectivity index (χ0v) is 22.3. The Balaban J connectivity index is 1.76. The lowest BCUT2D eigenvalue weighted by atomic mass is 9.91. The number of aliphatic imine (C=N–C) groups is 1. The first-order valence-corrected chi connectivity index (χ1v) is 13.6. The van der Waals surface area contributed by atoms with Crippen molar-refractivity contribution in [2.75, 3.05) is 26.2 Å². The van der Waals surface area contributed by atoms with E-state index in [0.29, 0.717) is 24.8 Å². The van der Waals surface area contributed by atoms with Crippen LogP contribution in [0.5, 0.6) is 0 Å². The van der Waals surface area contributed by atoms with Crippen molar-refractivity contribution in [2.24, 2.45) is 22.6 Å².